The van der Waals surface area contributed by atoms with Crippen molar-refractivity contribution in [1.82, 2.24) is 15.5 Å². The minimum Gasteiger partial charge on any atom is -0.343 e. The molecule has 0 unspecified atom stereocenters. The summed E-state index contributed by atoms with van der Waals surface area (Å²) in [6.07, 6.45) is 2.97. The zero-order chi connectivity index (χ0) is 16.7. The van der Waals surface area contributed by atoms with Gasteiger partial charge < -0.3 is 5.32 Å². The van der Waals surface area contributed by atoms with E-state index in [0.717, 1.165) is 24.3 Å². The average Bonchev–Trinajstić information content (AvgIpc) is 2.98. The Hall–Kier alpha value is -1.99. The van der Waals surface area contributed by atoms with Crippen LogP contribution in [-0.2, 0) is 11.2 Å². The smallest absolute Gasteiger partial charge is 0.253 e. The topological polar surface area (TPSA) is 84.0 Å². The first-order valence-electron chi connectivity index (χ1n) is 7.25. The number of benzene rings is 1. The highest BCUT2D eigenvalue weighted by molar-refractivity contribution is 7.15. The maximum atomic E-state index is 11.9. The summed E-state index contributed by atoms with van der Waals surface area (Å²) < 4.78 is 0. The van der Waals surface area contributed by atoms with Crippen molar-refractivity contribution in [2.45, 2.75) is 26.2 Å². The highest BCUT2D eigenvalue weighted by Crippen LogP contribution is 2.17. The third-order valence-corrected chi connectivity index (χ3v) is 4.21. The number of aromatic nitrogens is 2. The number of nitrogens with one attached hydrogen (secondary N) is 2. The molecule has 23 heavy (non-hydrogen) atoms. The van der Waals surface area contributed by atoms with Gasteiger partial charge in [0, 0.05) is 6.42 Å². The Morgan fingerprint density at radius 3 is 2.78 bits per heavy atom. The van der Waals surface area contributed by atoms with Crippen LogP contribution in [0.25, 0.3) is 0 Å². The maximum absolute atomic E-state index is 11.9. The zero-order valence-corrected chi connectivity index (χ0v) is 14.2. The second-order valence-electron chi connectivity index (χ2n) is 4.82. The van der Waals surface area contributed by atoms with E-state index >= 15 is 0 Å². The Labute approximate surface area is 143 Å². The van der Waals surface area contributed by atoms with Crippen LogP contribution in [0.15, 0.2) is 24.3 Å². The highest BCUT2D eigenvalue weighted by atomic mass is 35.5. The van der Waals surface area contributed by atoms with Crippen molar-refractivity contribution in [2.24, 2.45) is 0 Å². The lowest BCUT2D eigenvalue weighted by Crippen LogP contribution is -2.32. The predicted octanol–water partition coefficient (Wildman–Crippen LogP) is 2.90. The minimum absolute atomic E-state index is 0.159. The second kappa shape index (κ2) is 8.59. The molecule has 1 heterocycles. The van der Waals surface area contributed by atoms with Crippen molar-refractivity contribution in [1.29, 1.82) is 0 Å². The van der Waals surface area contributed by atoms with Crippen LogP contribution in [0.3, 0.4) is 0 Å². The standard InChI is InChI=1S/C15H17ClN4O2S/c1-2-3-8-13-19-20-15(23-13)18-12(21)9-17-14(22)10-6-4-5-7-11(10)16/h4-7H,2-3,8-9H2,1H3,(H,17,22)(H,18,20,21). The molecule has 1 aromatic carbocycles. The summed E-state index contributed by atoms with van der Waals surface area (Å²) in [4.78, 5) is 23.8. The van der Waals surface area contributed by atoms with E-state index in [1.807, 2.05) is 0 Å². The minimum atomic E-state index is -0.397. The summed E-state index contributed by atoms with van der Waals surface area (Å²) >= 11 is 7.28. The van der Waals surface area contributed by atoms with Gasteiger partial charge in [-0.3, -0.25) is 14.9 Å². The number of aryl methyl sites for hydroxylation is 1. The van der Waals surface area contributed by atoms with Gasteiger partial charge in [0.2, 0.25) is 11.0 Å². The zero-order valence-electron chi connectivity index (χ0n) is 12.6. The van der Waals surface area contributed by atoms with Gasteiger partial charge in [0.15, 0.2) is 0 Å². The molecule has 0 saturated carbocycles. The molecule has 2 N–H and O–H groups in total. The van der Waals surface area contributed by atoms with E-state index in [1.54, 1.807) is 24.3 Å². The molecule has 1 aromatic heterocycles. The number of hydrogen-bond donors (Lipinski definition) is 2. The molecule has 0 radical (unpaired) electrons. The van der Waals surface area contributed by atoms with Crippen LogP contribution >= 0.6 is 22.9 Å². The molecule has 0 aliphatic rings. The molecule has 0 aliphatic heterocycles. The van der Waals surface area contributed by atoms with Gasteiger partial charge in [-0.1, -0.05) is 48.4 Å². The molecule has 0 aliphatic carbocycles. The first kappa shape index (κ1) is 17.4. The van der Waals surface area contributed by atoms with E-state index in [2.05, 4.69) is 27.8 Å². The number of rotatable bonds is 7. The quantitative estimate of drug-likeness (QED) is 0.802. The third kappa shape index (κ3) is 5.30. The highest BCUT2D eigenvalue weighted by Gasteiger charge is 2.12. The van der Waals surface area contributed by atoms with E-state index in [9.17, 15) is 9.59 Å². The Bertz CT molecular complexity index is 690. The van der Waals surface area contributed by atoms with Gasteiger partial charge in [-0.15, -0.1) is 10.2 Å². The van der Waals surface area contributed by atoms with E-state index in [1.165, 1.54) is 11.3 Å². The van der Waals surface area contributed by atoms with Crippen LogP contribution in [0.5, 0.6) is 0 Å². The predicted molar refractivity (Wildman–Crippen MR) is 90.9 cm³/mol. The van der Waals surface area contributed by atoms with Crippen LogP contribution in [0.4, 0.5) is 5.13 Å². The number of nitrogens with zero attached hydrogens (tertiary/aromatic N) is 2. The molecule has 0 bridgehead atoms. The summed E-state index contributed by atoms with van der Waals surface area (Å²) in [6, 6.07) is 6.66. The van der Waals surface area contributed by atoms with Crippen LogP contribution in [-0.4, -0.2) is 28.6 Å². The van der Waals surface area contributed by atoms with Crippen LogP contribution < -0.4 is 10.6 Å². The van der Waals surface area contributed by atoms with Crippen molar-refractivity contribution < 1.29 is 9.59 Å². The van der Waals surface area contributed by atoms with Gasteiger partial charge in [0.1, 0.15) is 5.01 Å². The molecule has 2 amide bonds. The average molecular weight is 353 g/mol. The molecule has 2 aromatic rings. The SMILES string of the molecule is CCCCc1nnc(NC(=O)CNC(=O)c2ccccc2Cl)s1. The number of carbonyl (C=O) groups is 2. The van der Waals surface area contributed by atoms with Gasteiger partial charge in [0.05, 0.1) is 17.1 Å². The summed E-state index contributed by atoms with van der Waals surface area (Å²) in [5.74, 6) is -0.754. The molecule has 2 rings (SSSR count). The largest absolute Gasteiger partial charge is 0.343 e. The number of amides is 2. The van der Waals surface area contributed by atoms with Gasteiger partial charge >= 0.3 is 0 Å². The molecule has 8 heteroatoms. The Balaban J connectivity index is 1.82. The molecule has 6 nitrogen and oxygen atoms in total. The number of carbonyl (C=O) groups excluding carboxylic acids is 2. The van der Waals surface area contributed by atoms with Crippen LogP contribution in [0, 0.1) is 0 Å². The van der Waals surface area contributed by atoms with Crippen molar-refractivity contribution in [3.63, 3.8) is 0 Å². The monoisotopic (exact) mass is 352 g/mol. The van der Waals surface area contributed by atoms with Crippen LogP contribution in [0.1, 0.15) is 35.1 Å². The van der Waals surface area contributed by atoms with Crippen LogP contribution in [0.2, 0.25) is 5.02 Å². The third-order valence-electron chi connectivity index (χ3n) is 2.99. The first-order chi connectivity index (χ1) is 11.1. The molecule has 0 fully saturated rings. The number of halogens is 1. The Morgan fingerprint density at radius 2 is 2.04 bits per heavy atom. The lowest BCUT2D eigenvalue weighted by Gasteiger charge is -2.06. The van der Waals surface area contributed by atoms with E-state index in [4.69, 9.17) is 11.6 Å². The van der Waals surface area contributed by atoms with Crippen molar-refractivity contribution in [3.8, 4) is 0 Å². The second-order valence-corrected chi connectivity index (χ2v) is 6.28. The summed E-state index contributed by atoms with van der Waals surface area (Å²) in [5.41, 5.74) is 0.333. The normalized spacial score (nSPS) is 10.3. The molecule has 0 saturated heterocycles. The van der Waals surface area contributed by atoms with Gasteiger partial charge in [0.25, 0.3) is 5.91 Å². The summed E-state index contributed by atoms with van der Waals surface area (Å²) in [6.45, 7) is 1.94. The Morgan fingerprint density at radius 1 is 1.26 bits per heavy atom. The van der Waals surface area contributed by atoms with Crippen molar-refractivity contribution in [2.75, 3.05) is 11.9 Å². The number of hydrogen-bond acceptors (Lipinski definition) is 5. The molecule has 122 valence electrons. The molecular weight excluding hydrogens is 336 g/mol. The molecular formula is C15H17ClN4O2S. The van der Waals surface area contributed by atoms with E-state index < -0.39 is 5.91 Å². The van der Waals surface area contributed by atoms with Gasteiger partial charge in [-0.05, 0) is 18.6 Å². The fraction of sp³-hybridized carbons (Fsp3) is 0.333. The molecule has 0 spiro atoms. The maximum Gasteiger partial charge on any atom is 0.253 e. The lowest BCUT2D eigenvalue weighted by atomic mass is 10.2. The lowest BCUT2D eigenvalue weighted by molar-refractivity contribution is -0.115. The number of anilines is 1. The van der Waals surface area contributed by atoms with Crippen molar-refractivity contribution >= 4 is 39.9 Å². The Kier molecular flexibility index (Phi) is 6.49. The van der Waals surface area contributed by atoms with E-state index in [-0.39, 0.29) is 12.5 Å². The first-order valence-corrected chi connectivity index (χ1v) is 8.44. The van der Waals surface area contributed by atoms with E-state index in [0.29, 0.717) is 15.7 Å². The number of unbranched alkanes of at least 4 members (excludes halogenated alkanes) is 1. The fourth-order valence-electron chi connectivity index (χ4n) is 1.80. The fourth-order valence-corrected chi connectivity index (χ4v) is 2.82. The van der Waals surface area contributed by atoms with Crippen molar-refractivity contribution in [3.05, 3.63) is 39.9 Å². The van der Waals surface area contributed by atoms with Gasteiger partial charge in [-0.2, -0.15) is 0 Å². The molecule has 0 atom stereocenters. The summed E-state index contributed by atoms with van der Waals surface area (Å²) in [7, 11) is 0. The summed E-state index contributed by atoms with van der Waals surface area (Å²) in [5, 5.41) is 14.7. The van der Waals surface area contributed by atoms with Gasteiger partial charge in [-0.25, -0.2) is 0 Å².